The van der Waals surface area contributed by atoms with Crippen LogP contribution in [0, 0.1) is 5.92 Å². The number of fused-ring (bicyclic) bond motifs is 1. The molecule has 1 aromatic carbocycles. The van der Waals surface area contributed by atoms with Crippen LogP contribution >= 0.6 is 11.6 Å². The first-order chi connectivity index (χ1) is 12.6. The molecule has 4 rings (SSSR count). The summed E-state index contributed by atoms with van der Waals surface area (Å²) in [6.07, 6.45) is 4.28. The fourth-order valence-corrected chi connectivity index (χ4v) is 3.85. The van der Waals surface area contributed by atoms with Gasteiger partial charge in [0, 0.05) is 11.1 Å². The Labute approximate surface area is 157 Å². The van der Waals surface area contributed by atoms with Gasteiger partial charge in [0.1, 0.15) is 6.10 Å². The van der Waals surface area contributed by atoms with Crippen molar-refractivity contribution in [2.24, 2.45) is 5.92 Å². The summed E-state index contributed by atoms with van der Waals surface area (Å²) in [6, 6.07) is 7.84. The number of benzene rings is 1. The van der Waals surface area contributed by atoms with Crippen molar-refractivity contribution in [3.05, 3.63) is 46.2 Å². The van der Waals surface area contributed by atoms with Crippen molar-refractivity contribution in [2.75, 3.05) is 0 Å². The Morgan fingerprint density at radius 3 is 2.69 bits per heavy atom. The fraction of sp³-hybridized carbons (Fsp3) is 0.526. The average molecular weight is 375 g/mol. The predicted molar refractivity (Wildman–Crippen MR) is 97.9 cm³/mol. The molecule has 0 radical (unpaired) electrons. The highest BCUT2D eigenvalue weighted by atomic mass is 35.5. The zero-order valence-electron chi connectivity index (χ0n) is 14.8. The summed E-state index contributed by atoms with van der Waals surface area (Å²) in [5, 5.41) is 12.1. The van der Waals surface area contributed by atoms with E-state index in [0.29, 0.717) is 23.9 Å². The lowest BCUT2D eigenvalue weighted by atomic mass is 9.87. The minimum Gasteiger partial charge on any atom is -0.365 e. The Morgan fingerprint density at radius 1 is 1.23 bits per heavy atom. The van der Waals surface area contributed by atoms with Gasteiger partial charge in [-0.25, -0.2) is 4.68 Å². The third-order valence-corrected chi connectivity index (χ3v) is 5.66. The highest BCUT2D eigenvalue weighted by Gasteiger charge is 2.29. The molecule has 138 valence electrons. The van der Waals surface area contributed by atoms with Crippen LogP contribution in [-0.2, 0) is 17.9 Å². The molecular weight excluding hydrogens is 352 g/mol. The number of halogens is 1. The zero-order chi connectivity index (χ0) is 18.1. The van der Waals surface area contributed by atoms with Crippen LogP contribution in [0.15, 0.2) is 24.3 Å². The molecule has 0 bridgehead atoms. The summed E-state index contributed by atoms with van der Waals surface area (Å²) in [5.41, 5.74) is 2.17. The first-order valence-corrected chi connectivity index (χ1v) is 9.58. The molecule has 6 nitrogen and oxygen atoms in total. The van der Waals surface area contributed by atoms with Crippen LogP contribution in [0.4, 0.5) is 0 Å². The number of carbonyl (C=O) groups is 1. The number of hydrogen-bond donors (Lipinski definition) is 1. The second-order valence-corrected chi connectivity index (χ2v) is 7.78. The van der Waals surface area contributed by atoms with Gasteiger partial charge >= 0.3 is 0 Å². The quantitative estimate of drug-likeness (QED) is 0.892. The molecule has 0 spiro atoms. The number of carbonyl (C=O) groups excluding carboxylic acids is 1. The Kier molecular flexibility index (Phi) is 4.96. The molecule has 7 heteroatoms. The third kappa shape index (κ3) is 3.62. The number of nitrogens with zero attached hydrogens (tertiary/aromatic N) is 3. The van der Waals surface area contributed by atoms with Gasteiger partial charge in [-0.1, -0.05) is 35.9 Å². The van der Waals surface area contributed by atoms with Gasteiger partial charge in [0.25, 0.3) is 5.91 Å². The van der Waals surface area contributed by atoms with Crippen LogP contribution in [0.25, 0.3) is 0 Å². The molecule has 1 aliphatic heterocycles. The predicted octanol–water partition coefficient (Wildman–Crippen LogP) is 3.51. The summed E-state index contributed by atoms with van der Waals surface area (Å²) in [4.78, 5) is 12.6. The van der Waals surface area contributed by atoms with E-state index in [0.717, 1.165) is 42.9 Å². The maximum absolute atomic E-state index is 12.6. The second-order valence-electron chi connectivity index (χ2n) is 7.35. The van der Waals surface area contributed by atoms with Gasteiger partial charge in [-0.3, -0.25) is 4.79 Å². The highest BCUT2D eigenvalue weighted by Crippen LogP contribution is 2.28. The number of amides is 1. The van der Waals surface area contributed by atoms with Crippen molar-refractivity contribution in [3.8, 4) is 0 Å². The van der Waals surface area contributed by atoms with Crippen LogP contribution in [0.1, 0.15) is 60.5 Å². The van der Waals surface area contributed by atoms with E-state index in [2.05, 4.69) is 22.6 Å². The monoisotopic (exact) mass is 374 g/mol. The summed E-state index contributed by atoms with van der Waals surface area (Å²) < 4.78 is 7.74. The average Bonchev–Trinajstić information content (AvgIpc) is 3.07. The standard InChI is InChI=1S/C19H23ClN4O2/c1-12-2-8-15(9-3-12)21-19(25)18-16-11-26-17(10-24(16)23-22-18)13-4-6-14(20)7-5-13/h4-7,12,15,17H,2-3,8-11H2,1H3,(H,21,25). The molecule has 2 aromatic rings. The normalized spacial score (nSPS) is 25.5. The molecule has 26 heavy (non-hydrogen) atoms. The third-order valence-electron chi connectivity index (χ3n) is 5.41. The maximum Gasteiger partial charge on any atom is 0.274 e. The summed E-state index contributed by atoms with van der Waals surface area (Å²) in [6.45, 7) is 3.13. The van der Waals surface area contributed by atoms with Crippen LogP contribution in [0.3, 0.4) is 0 Å². The molecule has 0 saturated heterocycles. The summed E-state index contributed by atoms with van der Waals surface area (Å²) >= 11 is 5.94. The van der Waals surface area contributed by atoms with Gasteiger partial charge in [0.05, 0.1) is 18.8 Å². The SMILES string of the molecule is CC1CCC(NC(=O)c2nnn3c2COC(c2ccc(Cl)cc2)C3)CC1. The largest absolute Gasteiger partial charge is 0.365 e. The fourth-order valence-electron chi connectivity index (χ4n) is 3.73. The van der Waals surface area contributed by atoms with Crippen molar-refractivity contribution in [1.82, 2.24) is 20.3 Å². The van der Waals surface area contributed by atoms with Crippen molar-refractivity contribution in [2.45, 2.75) is 57.9 Å². The van der Waals surface area contributed by atoms with Crippen molar-refractivity contribution in [3.63, 3.8) is 0 Å². The van der Waals surface area contributed by atoms with Gasteiger partial charge in [-0.15, -0.1) is 5.10 Å². The van der Waals surface area contributed by atoms with Crippen molar-refractivity contribution in [1.29, 1.82) is 0 Å². The molecule has 1 N–H and O–H groups in total. The topological polar surface area (TPSA) is 69.0 Å². The van der Waals surface area contributed by atoms with Crippen LogP contribution in [-0.4, -0.2) is 26.9 Å². The van der Waals surface area contributed by atoms with E-state index in [9.17, 15) is 4.79 Å². The van der Waals surface area contributed by atoms with E-state index in [1.165, 1.54) is 0 Å². The number of ether oxygens (including phenoxy) is 1. The van der Waals surface area contributed by atoms with Crippen LogP contribution in [0.5, 0.6) is 0 Å². The first kappa shape index (κ1) is 17.5. The molecule has 1 amide bonds. The Hall–Kier alpha value is -1.92. The smallest absolute Gasteiger partial charge is 0.274 e. The van der Waals surface area contributed by atoms with E-state index in [-0.39, 0.29) is 18.1 Å². The number of nitrogens with one attached hydrogen (secondary N) is 1. The molecule has 1 unspecified atom stereocenters. The Balaban J connectivity index is 1.43. The molecule has 1 aromatic heterocycles. The van der Waals surface area contributed by atoms with Gasteiger partial charge in [-0.2, -0.15) is 0 Å². The van der Waals surface area contributed by atoms with Crippen LogP contribution in [0.2, 0.25) is 5.02 Å². The van der Waals surface area contributed by atoms with Gasteiger partial charge < -0.3 is 10.1 Å². The Bertz CT molecular complexity index is 781. The lowest BCUT2D eigenvalue weighted by Gasteiger charge is -2.27. The minimum atomic E-state index is -0.139. The summed E-state index contributed by atoms with van der Waals surface area (Å²) in [5.74, 6) is 0.614. The first-order valence-electron chi connectivity index (χ1n) is 9.20. The van der Waals surface area contributed by atoms with Crippen LogP contribution < -0.4 is 5.32 Å². The van der Waals surface area contributed by atoms with Gasteiger partial charge in [0.2, 0.25) is 0 Å². The lowest BCUT2D eigenvalue weighted by molar-refractivity contribution is -0.00178. The second kappa shape index (κ2) is 7.37. The number of hydrogen-bond acceptors (Lipinski definition) is 4. The molecule has 1 saturated carbocycles. The van der Waals surface area contributed by atoms with E-state index in [1.807, 2.05) is 24.3 Å². The minimum absolute atomic E-state index is 0.114. The zero-order valence-corrected chi connectivity index (χ0v) is 15.6. The number of aromatic nitrogens is 3. The molecule has 1 atom stereocenters. The van der Waals surface area contributed by atoms with E-state index in [1.54, 1.807) is 4.68 Å². The molecule has 1 aliphatic carbocycles. The highest BCUT2D eigenvalue weighted by molar-refractivity contribution is 6.30. The van der Waals surface area contributed by atoms with Gasteiger partial charge in [0.15, 0.2) is 5.69 Å². The van der Waals surface area contributed by atoms with Gasteiger partial charge in [-0.05, 0) is 49.3 Å². The van der Waals surface area contributed by atoms with E-state index >= 15 is 0 Å². The molecule has 1 fully saturated rings. The maximum atomic E-state index is 12.6. The lowest BCUT2D eigenvalue weighted by Crippen LogP contribution is -2.38. The van der Waals surface area contributed by atoms with E-state index in [4.69, 9.17) is 16.3 Å². The number of rotatable bonds is 3. The van der Waals surface area contributed by atoms with E-state index < -0.39 is 0 Å². The molecule has 2 aliphatic rings. The van der Waals surface area contributed by atoms with Crippen molar-refractivity contribution < 1.29 is 9.53 Å². The molecular formula is C19H23ClN4O2. The Morgan fingerprint density at radius 2 is 1.96 bits per heavy atom. The molecule has 2 heterocycles. The van der Waals surface area contributed by atoms with Crippen molar-refractivity contribution >= 4 is 17.5 Å². The summed E-state index contributed by atoms with van der Waals surface area (Å²) in [7, 11) is 0.